The van der Waals surface area contributed by atoms with Gasteiger partial charge in [0, 0.05) is 10.6 Å². The Balaban J connectivity index is 1.45. The topological polar surface area (TPSA) is 56.4 Å². The summed E-state index contributed by atoms with van der Waals surface area (Å²) in [6, 6.07) is 13.7. The van der Waals surface area contributed by atoms with Gasteiger partial charge in [0.15, 0.2) is 11.5 Å². The molecule has 0 aliphatic carbocycles. The second-order valence-electron chi connectivity index (χ2n) is 7.89. The van der Waals surface area contributed by atoms with Crippen molar-refractivity contribution in [3.05, 3.63) is 58.6 Å². The predicted molar refractivity (Wildman–Crippen MR) is 111 cm³/mol. The molecule has 1 amide bonds. The number of ether oxygens (including phenoxy) is 2. The lowest BCUT2D eigenvalue weighted by molar-refractivity contribution is -1.02. The van der Waals surface area contributed by atoms with Crippen molar-refractivity contribution in [1.29, 1.82) is 0 Å². The van der Waals surface area contributed by atoms with Gasteiger partial charge in [-0.2, -0.15) is 0 Å². The Bertz CT molecular complexity index is 851. The largest absolute Gasteiger partial charge is 0.454 e. The molecular formula is C22H28ClN3O3+2. The molecule has 0 radical (unpaired) electrons. The first kappa shape index (κ1) is 20.0. The summed E-state index contributed by atoms with van der Waals surface area (Å²) in [5.41, 5.74) is 2.14. The number of hydrogen-bond acceptors (Lipinski definition) is 3. The van der Waals surface area contributed by atoms with Crippen molar-refractivity contribution in [2.45, 2.75) is 12.5 Å². The minimum atomic E-state index is 0.0252. The van der Waals surface area contributed by atoms with E-state index in [0.29, 0.717) is 18.0 Å². The van der Waals surface area contributed by atoms with E-state index in [9.17, 15) is 4.79 Å². The van der Waals surface area contributed by atoms with Crippen molar-refractivity contribution in [3.63, 3.8) is 0 Å². The highest BCUT2D eigenvalue weighted by atomic mass is 35.5. The third kappa shape index (κ3) is 5.01. The third-order valence-corrected chi connectivity index (χ3v) is 6.07. The van der Waals surface area contributed by atoms with Crippen LogP contribution in [0.25, 0.3) is 0 Å². The van der Waals surface area contributed by atoms with Gasteiger partial charge in [0.1, 0.15) is 32.2 Å². The van der Waals surface area contributed by atoms with Crippen LogP contribution < -0.4 is 24.6 Å². The van der Waals surface area contributed by atoms with Crippen LogP contribution in [-0.2, 0) is 11.2 Å². The molecule has 3 N–H and O–H groups in total. The second-order valence-corrected chi connectivity index (χ2v) is 8.32. The van der Waals surface area contributed by atoms with E-state index in [0.717, 1.165) is 43.2 Å². The van der Waals surface area contributed by atoms with E-state index >= 15 is 0 Å². The molecule has 0 aromatic heterocycles. The Kier molecular flexibility index (Phi) is 6.23. The molecule has 2 aliphatic heterocycles. The Morgan fingerprint density at radius 3 is 2.55 bits per heavy atom. The normalized spacial score (nSPS) is 21.6. The zero-order valence-corrected chi connectivity index (χ0v) is 17.4. The predicted octanol–water partition coefficient (Wildman–Crippen LogP) is -0.118. The maximum atomic E-state index is 12.6. The van der Waals surface area contributed by atoms with E-state index in [2.05, 4.69) is 24.5 Å². The lowest BCUT2D eigenvalue weighted by atomic mass is 10.0. The van der Waals surface area contributed by atoms with E-state index in [4.69, 9.17) is 21.1 Å². The van der Waals surface area contributed by atoms with Gasteiger partial charge in [-0.1, -0.05) is 23.7 Å². The summed E-state index contributed by atoms with van der Waals surface area (Å²) in [6.07, 6.45) is 0.354. The fourth-order valence-corrected chi connectivity index (χ4v) is 4.17. The van der Waals surface area contributed by atoms with E-state index < -0.39 is 0 Å². The molecule has 1 saturated heterocycles. The number of carbonyl (C=O) groups is 1. The van der Waals surface area contributed by atoms with Crippen LogP contribution >= 0.6 is 11.6 Å². The van der Waals surface area contributed by atoms with Crippen LogP contribution in [-0.4, -0.2) is 52.5 Å². The number of nitrogens with one attached hydrogen (secondary N) is 3. The van der Waals surface area contributed by atoms with Gasteiger partial charge in [-0.25, -0.2) is 0 Å². The van der Waals surface area contributed by atoms with Crippen LogP contribution in [0.5, 0.6) is 11.5 Å². The molecule has 0 saturated carbocycles. The number of amides is 1. The standard InChI is InChI=1S/C22H26ClN3O3/c1-25-8-10-26(11-9-25)19(17-4-7-20-21(13-17)29-15-28-20)14-24-22(27)12-16-2-5-18(23)6-3-16/h2-7,13,19H,8-12,14-15H2,1H3,(H,24,27)/p+2/t19-/m1/s1. The summed E-state index contributed by atoms with van der Waals surface area (Å²) < 4.78 is 11.0. The second kappa shape index (κ2) is 9.03. The molecule has 29 heavy (non-hydrogen) atoms. The number of piperazine rings is 1. The molecule has 0 unspecified atom stereocenters. The number of quaternary nitrogens is 2. The molecule has 2 aromatic rings. The number of fused-ring (bicyclic) bond motifs is 1. The van der Waals surface area contributed by atoms with Crippen LogP contribution in [0.2, 0.25) is 5.02 Å². The molecule has 1 fully saturated rings. The number of hydrogen-bond donors (Lipinski definition) is 3. The molecule has 2 heterocycles. The quantitative estimate of drug-likeness (QED) is 0.614. The van der Waals surface area contributed by atoms with E-state index in [1.165, 1.54) is 10.5 Å². The van der Waals surface area contributed by atoms with Crippen molar-refractivity contribution in [1.82, 2.24) is 5.32 Å². The molecule has 1 atom stereocenters. The van der Waals surface area contributed by atoms with Crippen LogP contribution in [0.4, 0.5) is 0 Å². The monoisotopic (exact) mass is 417 g/mol. The smallest absolute Gasteiger partial charge is 0.231 e. The molecule has 6 nitrogen and oxygen atoms in total. The molecule has 2 aromatic carbocycles. The van der Waals surface area contributed by atoms with Gasteiger partial charge >= 0.3 is 0 Å². The summed E-state index contributed by atoms with van der Waals surface area (Å²) in [5, 5.41) is 3.83. The van der Waals surface area contributed by atoms with Gasteiger partial charge in [0.25, 0.3) is 0 Å². The van der Waals surface area contributed by atoms with Gasteiger partial charge in [-0.15, -0.1) is 0 Å². The number of halogens is 1. The number of rotatable bonds is 6. The number of benzene rings is 2. The number of carbonyl (C=O) groups excluding carboxylic acids is 1. The van der Waals surface area contributed by atoms with Crippen molar-refractivity contribution in [2.75, 3.05) is 46.6 Å². The minimum Gasteiger partial charge on any atom is -0.454 e. The maximum Gasteiger partial charge on any atom is 0.231 e. The Morgan fingerprint density at radius 2 is 1.79 bits per heavy atom. The molecule has 154 valence electrons. The molecule has 2 aliphatic rings. The Labute approximate surface area is 176 Å². The average Bonchev–Trinajstić information content (AvgIpc) is 3.19. The van der Waals surface area contributed by atoms with Gasteiger partial charge in [0.2, 0.25) is 12.7 Å². The minimum absolute atomic E-state index is 0.0252. The van der Waals surface area contributed by atoms with Crippen LogP contribution in [0, 0.1) is 0 Å². The molecule has 0 spiro atoms. The fourth-order valence-electron chi connectivity index (χ4n) is 4.04. The summed E-state index contributed by atoms with van der Waals surface area (Å²) in [4.78, 5) is 15.6. The van der Waals surface area contributed by atoms with Gasteiger partial charge < -0.3 is 24.6 Å². The Morgan fingerprint density at radius 1 is 1.07 bits per heavy atom. The van der Waals surface area contributed by atoms with Crippen molar-refractivity contribution < 1.29 is 24.1 Å². The van der Waals surface area contributed by atoms with Gasteiger partial charge in [-0.3, -0.25) is 4.79 Å². The Hall–Kier alpha value is -2.28. The third-order valence-electron chi connectivity index (χ3n) is 5.82. The van der Waals surface area contributed by atoms with Crippen LogP contribution in [0.3, 0.4) is 0 Å². The van der Waals surface area contributed by atoms with Crippen molar-refractivity contribution >= 4 is 17.5 Å². The van der Waals surface area contributed by atoms with Crippen LogP contribution in [0.1, 0.15) is 17.2 Å². The zero-order chi connectivity index (χ0) is 20.2. The highest BCUT2D eigenvalue weighted by molar-refractivity contribution is 6.30. The van der Waals surface area contributed by atoms with Crippen molar-refractivity contribution in [3.8, 4) is 11.5 Å². The fraction of sp³-hybridized carbons (Fsp3) is 0.409. The first-order chi connectivity index (χ1) is 14.1. The lowest BCUT2D eigenvalue weighted by Gasteiger charge is -2.33. The zero-order valence-electron chi connectivity index (χ0n) is 16.7. The van der Waals surface area contributed by atoms with Crippen LogP contribution in [0.15, 0.2) is 42.5 Å². The van der Waals surface area contributed by atoms with Crippen molar-refractivity contribution in [2.24, 2.45) is 0 Å². The average molecular weight is 418 g/mol. The molecule has 7 heteroatoms. The number of likely N-dealkylation sites (N-methyl/N-ethyl adjacent to an activating group) is 1. The first-order valence-corrected chi connectivity index (χ1v) is 10.5. The highest BCUT2D eigenvalue weighted by Gasteiger charge is 2.31. The van der Waals surface area contributed by atoms with E-state index in [1.807, 2.05) is 30.3 Å². The highest BCUT2D eigenvalue weighted by Crippen LogP contribution is 2.33. The summed E-state index contributed by atoms with van der Waals surface area (Å²) in [6.45, 7) is 5.30. The van der Waals surface area contributed by atoms with E-state index in [-0.39, 0.29) is 18.7 Å². The molecular weight excluding hydrogens is 390 g/mol. The lowest BCUT2D eigenvalue weighted by Crippen LogP contribution is -3.27. The summed E-state index contributed by atoms with van der Waals surface area (Å²) in [7, 11) is 2.24. The van der Waals surface area contributed by atoms with Gasteiger partial charge in [0.05, 0.1) is 20.0 Å². The summed E-state index contributed by atoms with van der Waals surface area (Å²) >= 11 is 5.93. The first-order valence-electron chi connectivity index (χ1n) is 10.1. The van der Waals surface area contributed by atoms with E-state index in [1.54, 1.807) is 4.90 Å². The van der Waals surface area contributed by atoms with Gasteiger partial charge in [-0.05, 0) is 35.9 Å². The maximum absolute atomic E-state index is 12.6. The molecule has 0 bridgehead atoms. The molecule has 4 rings (SSSR count). The SMILES string of the molecule is C[NH+]1CC[NH+]([C@H](CNC(=O)Cc2ccc(Cl)cc2)c2ccc3c(c2)OCO3)CC1. The summed E-state index contributed by atoms with van der Waals surface area (Å²) in [5.74, 6) is 1.61.